The molecule has 2 aliphatic rings. The number of benzene rings is 1. The highest BCUT2D eigenvalue weighted by Crippen LogP contribution is 2.38. The average molecular weight is 426 g/mol. The molecule has 1 aromatic heterocycles. The van der Waals surface area contributed by atoms with E-state index in [1.54, 1.807) is 0 Å². The summed E-state index contributed by atoms with van der Waals surface area (Å²) < 4.78 is 59.9. The van der Waals surface area contributed by atoms with Gasteiger partial charge >= 0.3 is 6.18 Å². The first kappa shape index (κ1) is 21.2. The minimum atomic E-state index is -4.73. The molecule has 0 radical (unpaired) electrons. The predicted molar refractivity (Wildman–Crippen MR) is 104 cm³/mol. The Morgan fingerprint density at radius 1 is 1.13 bits per heavy atom. The molecule has 2 aromatic rings. The van der Waals surface area contributed by atoms with Gasteiger partial charge in [-0.15, -0.1) is 0 Å². The van der Waals surface area contributed by atoms with Crippen molar-refractivity contribution in [1.29, 1.82) is 0 Å². The molecule has 9 heteroatoms. The van der Waals surface area contributed by atoms with Gasteiger partial charge in [-0.3, -0.25) is 4.90 Å². The zero-order chi connectivity index (χ0) is 21.5. The third kappa shape index (κ3) is 4.23. The van der Waals surface area contributed by atoms with E-state index < -0.39 is 17.6 Å². The van der Waals surface area contributed by atoms with Crippen LogP contribution in [0.1, 0.15) is 56.5 Å². The second kappa shape index (κ2) is 8.26. The Kier molecular flexibility index (Phi) is 5.85. The summed E-state index contributed by atoms with van der Waals surface area (Å²) in [5.41, 5.74) is -1.03. The van der Waals surface area contributed by atoms with E-state index in [-0.39, 0.29) is 23.3 Å². The summed E-state index contributed by atoms with van der Waals surface area (Å²) in [6, 6.07) is 3.38. The fourth-order valence-corrected chi connectivity index (χ4v) is 4.47. The quantitative estimate of drug-likeness (QED) is 0.668. The van der Waals surface area contributed by atoms with E-state index in [2.05, 4.69) is 15.0 Å². The minimum absolute atomic E-state index is 0.0444. The van der Waals surface area contributed by atoms with E-state index in [4.69, 9.17) is 4.74 Å². The summed E-state index contributed by atoms with van der Waals surface area (Å²) in [6.45, 7) is 7.36. The Hall–Kier alpha value is -2.00. The fourth-order valence-electron chi connectivity index (χ4n) is 4.47. The van der Waals surface area contributed by atoms with Crippen LogP contribution in [0.5, 0.6) is 0 Å². The van der Waals surface area contributed by atoms with Gasteiger partial charge in [-0.2, -0.15) is 18.3 Å². The van der Waals surface area contributed by atoms with Crippen molar-refractivity contribution in [1.82, 2.24) is 19.7 Å². The Balaban J connectivity index is 1.59. The molecule has 0 bridgehead atoms. The van der Waals surface area contributed by atoms with Crippen LogP contribution in [0, 0.1) is 5.82 Å². The summed E-state index contributed by atoms with van der Waals surface area (Å²) in [4.78, 5) is 7.12. The van der Waals surface area contributed by atoms with E-state index in [1.165, 1.54) is 6.07 Å². The molecule has 2 fully saturated rings. The molecule has 0 unspecified atom stereocenters. The highest BCUT2D eigenvalue weighted by molar-refractivity contribution is 5.56. The van der Waals surface area contributed by atoms with Gasteiger partial charge in [0.25, 0.3) is 0 Å². The summed E-state index contributed by atoms with van der Waals surface area (Å²) in [7, 11) is 0. The molecule has 0 N–H and O–H groups in total. The lowest BCUT2D eigenvalue weighted by Crippen LogP contribution is -2.42. The molecule has 164 valence electrons. The van der Waals surface area contributed by atoms with Gasteiger partial charge in [-0.25, -0.2) is 14.1 Å². The highest BCUT2D eigenvalue weighted by atomic mass is 19.4. The van der Waals surface area contributed by atoms with Crippen LogP contribution in [-0.2, 0) is 10.9 Å². The average Bonchev–Trinajstić information content (AvgIpc) is 3.35. The highest BCUT2D eigenvalue weighted by Gasteiger charge is 2.36. The van der Waals surface area contributed by atoms with Crippen LogP contribution < -0.4 is 0 Å². The van der Waals surface area contributed by atoms with Gasteiger partial charge in [0.15, 0.2) is 5.82 Å². The van der Waals surface area contributed by atoms with Gasteiger partial charge in [0.1, 0.15) is 11.6 Å². The maximum Gasteiger partial charge on any atom is 0.419 e. The zero-order valence-electron chi connectivity index (χ0n) is 17.1. The third-order valence-electron chi connectivity index (χ3n) is 6.01. The Morgan fingerprint density at radius 2 is 1.87 bits per heavy atom. The van der Waals surface area contributed by atoms with Crippen molar-refractivity contribution < 1.29 is 22.3 Å². The Bertz CT molecular complexity index is 890. The van der Waals surface area contributed by atoms with E-state index in [0.29, 0.717) is 6.04 Å². The maximum atomic E-state index is 14.1. The van der Waals surface area contributed by atoms with Crippen LogP contribution in [-0.4, -0.2) is 52.0 Å². The molecule has 5 nitrogen and oxygen atoms in total. The molecule has 2 heterocycles. The van der Waals surface area contributed by atoms with E-state index >= 15 is 0 Å². The van der Waals surface area contributed by atoms with Crippen molar-refractivity contribution in [2.24, 2.45) is 0 Å². The van der Waals surface area contributed by atoms with Crippen molar-refractivity contribution in [2.75, 3.05) is 26.3 Å². The van der Waals surface area contributed by atoms with Crippen molar-refractivity contribution in [3.8, 4) is 11.4 Å². The van der Waals surface area contributed by atoms with Crippen LogP contribution >= 0.6 is 0 Å². The Labute approximate surface area is 173 Å². The molecule has 1 saturated carbocycles. The predicted octanol–water partition coefficient (Wildman–Crippen LogP) is 4.65. The normalized spacial score (nSPS) is 23.4. The first-order valence-electron chi connectivity index (χ1n) is 10.4. The second-order valence-electron chi connectivity index (χ2n) is 8.34. The number of halogens is 4. The van der Waals surface area contributed by atoms with E-state index in [0.717, 1.165) is 63.5 Å². The maximum absolute atomic E-state index is 14.1. The van der Waals surface area contributed by atoms with Gasteiger partial charge in [0, 0.05) is 36.7 Å². The minimum Gasteiger partial charge on any atom is -0.379 e. The first-order valence-corrected chi connectivity index (χ1v) is 10.4. The lowest BCUT2D eigenvalue weighted by molar-refractivity contribution is -0.139. The van der Waals surface area contributed by atoms with Gasteiger partial charge < -0.3 is 4.74 Å². The fraction of sp³-hybridized carbons (Fsp3) is 0.619. The van der Waals surface area contributed by atoms with Crippen molar-refractivity contribution >= 4 is 0 Å². The standard InChI is InChI=1S/C21H26F4N4O/c1-13(2)29-20(15-3-5-16(11-15)28-7-9-30-10-8-28)26-19(27-29)14-4-6-17(18(22)12-14)21(23,24)25/h4,6,12-13,15-16H,3,5,7-11H2,1-2H3/t15-,16-/m1/s1. The van der Waals surface area contributed by atoms with Crippen LogP contribution in [0.2, 0.25) is 0 Å². The smallest absolute Gasteiger partial charge is 0.379 e. The molecule has 1 aromatic carbocycles. The van der Waals surface area contributed by atoms with Crippen molar-refractivity contribution in [3.63, 3.8) is 0 Å². The molecule has 1 aliphatic heterocycles. The van der Waals surface area contributed by atoms with Gasteiger partial charge in [0.2, 0.25) is 0 Å². The SMILES string of the molecule is CC(C)n1nc(-c2ccc(C(F)(F)F)c(F)c2)nc1[C@@H]1CC[C@@H](N2CCOCC2)C1. The van der Waals surface area contributed by atoms with Gasteiger partial charge in [-0.1, -0.05) is 6.07 Å². The number of rotatable bonds is 4. The third-order valence-corrected chi connectivity index (χ3v) is 6.01. The summed E-state index contributed by atoms with van der Waals surface area (Å²) in [6.07, 6.45) is -1.71. The summed E-state index contributed by atoms with van der Waals surface area (Å²) >= 11 is 0. The Morgan fingerprint density at radius 3 is 2.50 bits per heavy atom. The van der Waals surface area contributed by atoms with Crippen LogP contribution in [0.4, 0.5) is 17.6 Å². The van der Waals surface area contributed by atoms with Gasteiger partial charge in [0.05, 0.1) is 18.8 Å². The van der Waals surface area contributed by atoms with Crippen LogP contribution in [0.3, 0.4) is 0 Å². The number of ether oxygens (including phenoxy) is 1. The molecular formula is C21H26F4N4O. The molecule has 4 rings (SSSR count). The number of hydrogen-bond acceptors (Lipinski definition) is 4. The van der Waals surface area contributed by atoms with Crippen LogP contribution in [0.15, 0.2) is 18.2 Å². The molecule has 1 aliphatic carbocycles. The molecule has 1 saturated heterocycles. The second-order valence-corrected chi connectivity index (χ2v) is 8.34. The van der Waals surface area contributed by atoms with E-state index in [9.17, 15) is 17.6 Å². The van der Waals surface area contributed by atoms with Crippen LogP contribution in [0.25, 0.3) is 11.4 Å². The topological polar surface area (TPSA) is 43.2 Å². The molecule has 2 atom stereocenters. The zero-order valence-corrected chi connectivity index (χ0v) is 17.1. The molecule has 30 heavy (non-hydrogen) atoms. The number of nitrogens with zero attached hydrogens (tertiary/aromatic N) is 4. The number of hydrogen-bond donors (Lipinski definition) is 0. The van der Waals surface area contributed by atoms with Crippen molar-refractivity contribution in [3.05, 3.63) is 35.4 Å². The number of alkyl halides is 3. The summed E-state index contributed by atoms with van der Waals surface area (Å²) in [5, 5.41) is 4.52. The number of aromatic nitrogens is 3. The monoisotopic (exact) mass is 426 g/mol. The molecule has 0 spiro atoms. The summed E-state index contributed by atoms with van der Waals surface area (Å²) in [5.74, 6) is 0.00805. The number of morpholine rings is 1. The lowest BCUT2D eigenvalue weighted by Gasteiger charge is -2.32. The molecular weight excluding hydrogens is 400 g/mol. The largest absolute Gasteiger partial charge is 0.419 e. The molecule has 0 amide bonds. The van der Waals surface area contributed by atoms with Crippen molar-refractivity contribution in [2.45, 2.75) is 57.3 Å². The van der Waals surface area contributed by atoms with Gasteiger partial charge in [-0.05, 0) is 45.2 Å². The first-order chi connectivity index (χ1) is 14.2. The lowest BCUT2D eigenvalue weighted by atomic mass is 10.1. The van der Waals surface area contributed by atoms with E-state index in [1.807, 2.05) is 18.5 Å².